The summed E-state index contributed by atoms with van der Waals surface area (Å²) in [4.78, 5) is 17.2. The highest BCUT2D eigenvalue weighted by Crippen LogP contribution is 2.34. The maximum atomic E-state index is 12.6. The lowest BCUT2D eigenvalue weighted by Gasteiger charge is -2.25. The van der Waals surface area contributed by atoms with Crippen LogP contribution in [-0.2, 0) is 0 Å². The zero-order valence-electron chi connectivity index (χ0n) is 13.2. The minimum atomic E-state index is -0.0379. The van der Waals surface area contributed by atoms with Crippen molar-refractivity contribution in [2.45, 2.75) is 32.7 Å². The van der Waals surface area contributed by atoms with E-state index in [4.69, 9.17) is 0 Å². The Labute approximate surface area is 131 Å². The van der Waals surface area contributed by atoms with Gasteiger partial charge in [0.05, 0.1) is 11.4 Å². The number of carbonyl (C=O) groups is 1. The van der Waals surface area contributed by atoms with Crippen molar-refractivity contribution in [3.63, 3.8) is 0 Å². The molecule has 0 amide bonds. The van der Waals surface area contributed by atoms with Crippen LogP contribution in [0.3, 0.4) is 0 Å². The van der Waals surface area contributed by atoms with Gasteiger partial charge in [-0.1, -0.05) is 30.3 Å². The Kier molecular flexibility index (Phi) is 3.57. The highest BCUT2D eigenvalue weighted by Gasteiger charge is 2.23. The molecule has 0 radical (unpaired) electrons. The first-order chi connectivity index (χ1) is 10.4. The third-order valence-electron chi connectivity index (χ3n) is 3.78. The summed E-state index contributed by atoms with van der Waals surface area (Å²) in [6.45, 7) is 6.35. The first-order valence-corrected chi connectivity index (χ1v) is 7.51. The lowest BCUT2D eigenvalue weighted by Crippen LogP contribution is -2.31. The number of aliphatic imine (C=N–C) groups is 1. The molecule has 2 aromatic carbocycles. The smallest absolute Gasteiger partial charge is 0.193 e. The number of hydrogen-bond acceptors (Lipinski definition) is 3. The van der Waals surface area contributed by atoms with Crippen LogP contribution in [0.1, 0.15) is 43.1 Å². The van der Waals surface area contributed by atoms with Crippen LogP contribution in [0.2, 0.25) is 0 Å². The molecular formula is C19H20N2O. The average Bonchev–Trinajstić information content (AvgIpc) is 2.59. The Hall–Kier alpha value is -2.42. The molecule has 1 N–H and O–H groups in total. The maximum Gasteiger partial charge on any atom is 0.193 e. The van der Waals surface area contributed by atoms with Crippen molar-refractivity contribution in [2.24, 2.45) is 4.99 Å². The van der Waals surface area contributed by atoms with Gasteiger partial charge in [0.25, 0.3) is 0 Å². The summed E-state index contributed by atoms with van der Waals surface area (Å²) in [6.07, 6.45) is 0.879. The number of carbonyl (C=O) groups excluding carboxylic acids is 1. The van der Waals surface area contributed by atoms with Crippen LogP contribution in [0.4, 0.5) is 11.4 Å². The molecule has 112 valence electrons. The van der Waals surface area contributed by atoms with Crippen molar-refractivity contribution < 1.29 is 4.79 Å². The van der Waals surface area contributed by atoms with Crippen molar-refractivity contribution in [3.05, 3.63) is 59.7 Å². The molecule has 0 saturated carbocycles. The monoisotopic (exact) mass is 292 g/mol. The summed E-state index contributed by atoms with van der Waals surface area (Å²) in [5.74, 6) is 0.0276. The molecule has 0 bridgehead atoms. The largest absolute Gasteiger partial charge is 0.378 e. The molecular weight excluding hydrogens is 272 g/mol. The second-order valence-electron chi connectivity index (χ2n) is 6.46. The van der Waals surface area contributed by atoms with Gasteiger partial charge in [-0.05, 0) is 39.0 Å². The van der Waals surface area contributed by atoms with Gasteiger partial charge in [-0.15, -0.1) is 0 Å². The molecule has 1 aliphatic heterocycles. The van der Waals surface area contributed by atoms with Crippen LogP contribution < -0.4 is 5.32 Å². The predicted molar refractivity (Wildman–Crippen MR) is 91.4 cm³/mol. The molecule has 22 heavy (non-hydrogen) atoms. The van der Waals surface area contributed by atoms with E-state index in [9.17, 15) is 4.79 Å². The number of rotatable bonds is 2. The average molecular weight is 292 g/mol. The summed E-state index contributed by atoms with van der Waals surface area (Å²) in [5, 5.41) is 3.51. The first kappa shape index (κ1) is 14.5. The summed E-state index contributed by atoms with van der Waals surface area (Å²) in [5.41, 5.74) is 4.22. The summed E-state index contributed by atoms with van der Waals surface area (Å²) < 4.78 is 0. The third-order valence-corrected chi connectivity index (χ3v) is 3.78. The maximum absolute atomic E-state index is 12.6. The van der Waals surface area contributed by atoms with Crippen LogP contribution in [-0.4, -0.2) is 17.0 Å². The van der Waals surface area contributed by atoms with E-state index in [2.05, 4.69) is 24.2 Å². The van der Waals surface area contributed by atoms with Crippen molar-refractivity contribution in [3.8, 4) is 0 Å². The normalized spacial score (nSPS) is 16.0. The highest BCUT2D eigenvalue weighted by molar-refractivity contribution is 6.10. The topological polar surface area (TPSA) is 41.5 Å². The second kappa shape index (κ2) is 5.41. The van der Waals surface area contributed by atoms with Crippen LogP contribution in [0, 0.1) is 0 Å². The van der Waals surface area contributed by atoms with E-state index in [1.807, 2.05) is 55.5 Å². The van der Waals surface area contributed by atoms with Crippen molar-refractivity contribution in [2.75, 3.05) is 5.32 Å². The van der Waals surface area contributed by atoms with E-state index >= 15 is 0 Å². The van der Waals surface area contributed by atoms with Crippen molar-refractivity contribution >= 4 is 22.9 Å². The minimum absolute atomic E-state index is 0.0276. The predicted octanol–water partition coefficient (Wildman–Crippen LogP) is 4.60. The Morgan fingerprint density at radius 3 is 2.55 bits per heavy atom. The number of nitrogens with one attached hydrogen (secondary N) is 1. The van der Waals surface area contributed by atoms with Gasteiger partial charge in [0.2, 0.25) is 0 Å². The summed E-state index contributed by atoms with van der Waals surface area (Å²) >= 11 is 0. The fraction of sp³-hybridized carbons (Fsp3) is 0.263. The lowest BCUT2D eigenvalue weighted by molar-refractivity contribution is 0.103. The Morgan fingerprint density at radius 1 is 1.09 bits per heavy atom. The van der Waals surface area contributed by atoms with Crippen LogP contribution in [0.25, 0.3) is 0 Å². The fourth-order valence-corrected chi connectivity index (χ4v) is 2.92. The van der Waals surface area contributed by atoms with E-state index < -0.39 is 0 Å². The molecule has 0 unspecified atom stereocenters. The van der Waals surface area contributed by atoms with Gasteiger partial charge in [0.15, 0.2) is 5.78 Å². The van der Waals surface area contributed by atoms with E-state index in [0.29, 0.717) is 11.1 Å². The van der Waals surface area contributed by atoms with E-state index in [-0.39, 0.29) is 11.3 Å². The molecule has 1 heterocycles. The molecule has 3 heteroatoms. The number of ketones is 1. The van der Waals surface area contributed by atoms with E-state index in [0.717, 1.165) is 23.5 Å². The Balaban J connectivity index is 2.01. The molecule has 0 atom stereocenters. The van der Waals surface area contributed by atoms with Gasteiger partial charge in [-0.25, -0.2) is 0 Å². The van der Waals surface area contributed by atoms with Crippen LogP contribution in [0.5, 0.6) is 0 Å². The fourth-order valence-electron chi connectivity index (χ4n) is 2.92. The molecule has 2 aromatic rings. The van der Waals surface area contributed by atoms with Crippen LogP contribution >= 0.6 is 0 Å². The number of anilines is 1. The molecule has 0 spiro atoms. The minimum Gasteiger partial charge on any atom is -0.378 e. The molecule has 0 aromatic heterocycles. The summed E-state index contributed by atoms with van der Waals surface area (Å²) in [7, 11) is 0. The molecule has 0 fully saturated rings. The van der Waals surface area contributed by atoms with E-state index in [1.165, 1.54) is 0 Å². The van der Waals surface area contributed by atoms with Crippen molar-refractivity contribution in [1.29, 1.82) is 0 Å². The number of nitrogens with zero attached hydrogens (tertiary/aromatic N) is 1. The first-order valence-electron chi connectivity index (χ1n) is 7.51. The van der Waals surface area contributed by atoms with Gasteiger partial charge < -0.3 is 5.32 Å². The van der Waals surface area contributed by atoms with E-state index in [1.54, 1.807) is 0 Å². The molecule has 0 saturated heterocycles. The highest BCUT2D eigenvalue weighted by atomic mass is 16.1. The van der Waals surface area contributed by atoms with Gasteiger partial charge in [0.1, 0.15) is 0 Å². The zero-order valence-corrected chi connectivity index (χ0v) is 13.2. The van der Waals surface area contributed by atoms with Crippen molar-refractivity contribution in [1.82, 2.24) is 0 Å². The second-order valence-corrected chi connectivity index (χ2v) is 6.46. The Bertz CT molecular complexity index is 745. The van der Waals surface area contributed by atoms with Gasteiger partial charge in [0, 0.05) is 28.8 Å². The van der Waals surface area contributed by atoms with Crippen LogP contribution in [0.15, 0.2) is 53.5 Å². The molecule has 3 nitrogen and oxygen atoms in total. The zero-order chi connectivity index (χ0) is 15.7. The SMILES string of the molecule is CC1=Nc2cc(C(=O)c3ccccc3)ccc2NC(C)(C)C1. The van der Waals surface area contributed by atoms with Gasteiger partial charge in [-0.3, -0.25) is 9.79 Å². The number of benzene rings is 2. The van der Waals surface area contributed by atoms with Gasteiger partial charge in [-0.2, -0.15) is 0 Å². The lowest BCUT2D eigenvalue weighted by atomic mass is 9.97. The summed E-state index contributed by atoms with van der Waals surface area (Å²) in [6, 6.07) is 15.0. The van der Waals surface area contributed by atoms with Gasteiger partial charge >= 0.3 is 0 Å². The molecule has 0 aliphatic carbocycles. The molecule has 3 rings (SSSR count). The standard InChI is InChI=1S/C19H20N2O/c1-13-12-19(2,3)21-16-10-9-15(11-17(16)20-13)18(22)14-7-5-4-6-8-14/h4-11,21H,12H2,1-3H3. The molecule has 1 aliphatic rings. The quantitative estimate of drug-likeness (QED) is 0.822. The number of fused-ring (bicyclic) bond motifs is 1. The number of hydrogen-bond donors (Lipinski definition) is 1. The Morgan fingerprint density at radius 2 is 1.82 bits per heavy atom. The third kappa shape index (κ3) is 2.93.